The summed E-state index contributed by atoms with van der Waals surface area (Å²) < 4.78 is 5.39. The zero-order valence-electron chi connectivity index (χ0n) is 10.5. The molecule has 1 aliphatic carbocycles. The normalized spacial score (nSPS) is 27.9. The topological polar surface area (TPSA) is 67.6 Å². The van der Waals surface area contributed by atoms with Gasteiger partial charge in [0.25, 0.3) is 0 Å². The maximum absolute atomic E-state index is 11.3. The van der Waals surface area contributed by atoms with E-state index in [1.165, 1.54) is 12.8 Å². The first kappa shape index (κ1) is 12.8. The highest BCUT2D eigenvalue weighted by molar-refractivity contribution is 5.79. The Morgan fingerprint density at radius 3 is 2.94 bits per heavy atom. The summed E-state index contributed by atoms with van der Waals surface area (Å²) in [6.07, 6.45) is 3.16. The Labute approximate surface area is 103 Å². The van der Waals surface area contributed by atoms with Crippen LogP contribution in [0, 0.1) is 0 Å². The second kappa shape index (κ2) is 5.80. The fourth-order valence-corrected chi connectivity index (χ4v) is 2.23. The molecule has 98 valence electrons. The van der Waals surface area contributed by atoms with Crippen LogP contribution in [0.2, 0.25) is 0 Å². The van der Waals surface area contributed by atoms with E-state index in [0.717, 1.165) is 32.7 Å². The molecular weight excluding hydrogens is 218 g/mol. The lowest BCUT2D eigenvalue weighted by Crippen LogP contribution is -2.48. The molecule has 2 rings (SSSR count). The number of ether oxygens (including phenoxy) is 1. The number of rotatable bonds is 6. The first-order valence-electron chi connectivity index (χ1n) is 6.54. The number of nitrogens with zero attached hydrogens (tertiary/aromatic N) is 1. The highest BCUT2D eigenvalue weighted by Crippen LogP contribution is 2.20. The minimum atomic E-state index is -0.224. The second-order valence-corrected chi connectivity index (χ2v) is 5.14. The van der Waals surface area contributed by atoms with E-state index in [9.17, 15) is 4.79 Å². The molecule has 2 atom stereocenters. The van der Waals surface area contributed by atoms with Crippen LogP contribution in [0.15, 0.2) is 0 Å². The van der Waals surface area contributed by atoms with Crippen molar-refractivity contribution in [2.45, 2.75) is 44.3 Å². The fraction of sp³-hybridized carbons (Fsp3) is 0.917. The van der Waals surface area contributed by atoms with Gasteiger partial charge in [0.1, 0.15) is 0 Å². The van der Waals surface area contributed by atoms with Gasteiger partial charge < -0.3 is 15.8 Å². The third kappa shape index (κ3) is 3.94. The summed E-state index contributed by atoms with van der Waals surface area (Å²) in [6.45, 7) is 5.61. The van der Waals surface area contributed by atoms with E-state index in [1.54, 1.807) is 0 Å². The number of primary amides is 1. The summed E-state index contributed by atoms with van der Waals surface area (Å²) in [6, 6.07) is 0.797. The van der Waals surface area contributed by atoms with E-state index in [0.29, 0.717) is 12.1 Å². The standard InChI is InChI=1S/C12H23N3O2/c1-9-8-17-7-6-15(9)5-4-11(12(13)16)14-10-2-3-10/h9-11,14H,2-8H2,1H3,(H2,13,16). The quantitative estimate of drug-likeness (QED) is 0.670. The van der Waals surface area contributed by atoms with Crippen LogP contribution < -0.4 is 11.1 Å². The van der Waals surface area contributed by atoms with E-state index in [-0.39, 0.29) is 11.9 Å². The molecule has 1 amide bonds. The van der Waals surface area contributed by atoms with Gasteiger partial charge in [-0.05, 0) is 26.2 Å². The number of hydrogen-bond acceptors (Lipinski definition) is 4. The van der Waals surface area contributed by atoms with Crippen molar-refractivity contribution in [2.75, 3.05) is 26.3 Å². The van der Waals surface area contributed by atoms with Crippen LogP contribution in [0.5, 0.6) is 0 Å². The Bertz CT molecular complexity index is 268. The summed E-state index contributed by atoms with van der Waals surface area (Å²) in [5, 5.41) is 3.31. The smallest absolute Gasteiger partial charge is 0.234 e. The van der Waals surface area contributed by atoms with Crippen molar-refractivity contribution in [1.82, 2.24) is 10.2 Å². The van der Waals surface area contributed by atoms with E-state index >= 15 is 0 Å². The molecular formula is C12H23N3O2. The van der Waals surface area contributed by atoms with Gasteiger partial charge in [-0.2, -0.15) is 0 Å². The zero-order chi connectivity index (χ0) is 12.3. The Kier molecular flexibility index (Phi) is 4.36. The third-order valence-electron chi connectivity index (χ3n) is 3.57. The van der Waals surface area contributed by atoms with Crippen molar-refractivity contribution >= 4 is 5.91 Å². The predicted octanol–water partition coefficient (Wildman–Crippen LogP) is -0.297. The van der Waals surface area contributed by atoms with Crippen LogP contribution in [-0.4, -0.2) is 55.2 Å². The Morgan fingerprint density at radius 2 is 2.35 bits per heavy atom. The highest BCUT2D eigenvalue weighted by Gasteiger charge is 2.28. The van der Waals surface area contributed by atoms with Crippen molar-refractivity contribution in [3.05, 3.63) is 0 Å². The largest absolute Gasteiger partial charge is 0.379 e. The summed E-state index contributed by atoms with van der Waals surface area (Å²) in [7, 11) is 0. The number of carbonyl (C=O) groups excluding carboxylic acids is 1. The first-order valence-corrected chi connectivity index (χ1v) is 6.54. The van der Waals surface area contributed by atoms with Gasteiger partial charge >= 0.3 is 0 Å². The van der Waals surface area contributed by atoms with Crippen LogP contribution in [0.4, 0.5) is 0 Å². The average molecular weight is 241 g/mol. The lowest BCUT2D eigenvalue weighted by molar-refractivity contribution is -0.120. The summed E-state index contributed by atoms with van der Waals surface area (Å²) in [4.78, 5) is 13.7. The molecule has 0 radical (unpaired) electrons. The Morgan fingerprint density at radius 1 is 1.59 bits per heavy atom. The van der Waals surface area contributed by atoms with E-state index < -0.39 is 0 Å². The van der Waals surface area contributed by atoms with Crippen molar-refractivity contribution in [2.24, 2.45) is 5.73 Å². The van der Waals surface area contributed by atoms with Gasteiger partial charge in [0.05, 0.1) is 19.3 Å². The lowest BCUT2D eigenvalue weighted by Gasteiger charge is -2.34. The van der Waals surface area contributed by atoms with Gasteiger partial charge in [0.15, 0.2) is 0 Å². The number of carbonyl (C=O) groups is 1. The van der Waals surface area contributed by atoms with Gasteiger partial charge in [-0.1, -0.05) is 0 Å². The lowest BCUT2D eigenvalue weighted by atomic mass is 10.1. The maximum atomic E-state index is 11.3. The number of nitrogens with one attached hydrogen (secondary N) is 1. The van der Waals surface area contributed by atoms with Crippen molar-refractivity contribution in [3.8, 4) is 0 Å². The number of morpholine rings is 1. The molecule has 0 spiro atoms. The first-order chi connectivity index (χ1) is 8.16. The van der Waals surface area contributed by atoms with Crippen LogP contribution in [0.3, 0.4) is 0 Å². The van der Waals surface area contributed by atoms with Crippen molar-refractivity contribution in [1.29, 1.82) is 0 Å². The molecule has 2 fully saturated rings. The predicted molar refractivity (Wildman–Crippen MR) is 65.6 cm³/mol. The second-order valence-electron chi connectivity index (χ2n) is 5.14. The minimum Gasteiger partial charge on any atom is -0.379 e. The molecule has 1 aliphatic heterocycles. The van der Waals surface area contributed by atoms with Crippen LogP contribution >= 0.6 is 0 Å². The molecule has 1 saturated carbocycles. The number of nitrogens with two attached hydrogens (primary N) is 1. The van der Waals surface area contributed by atoms with Gasteiger partial charge in [-0.25, -0.2) is 0 Å². The average Bonchev–Trinajstić information content (AvgIpc) is 3.09. The molecule has 2 aliphatic rings. The third-order valence-corrected chi connectivity index (χ3v) is 3.57. The van der Waals surface area contributed by atoms with Gasteiger partial charge in [0, 0.05) is 25.2 Å². The van der Waals surface area contributed by atoms with Crippen LogP contribution in [-0.2, 0) is 9.53 Å². The van der Waals surface area contributed by atoms with Crippen LogP contribution in [0.25, 0.3) is 0 Å². The van der Waals surface area contributed by atoms with Crippen molar-refractivity contribution in [3.63, 3.8) is 0 Å². The Hall–Kier alpha value is -0.650. The Balaban J connectivity index is 1.75. The van der Waals surface area contributed by atoms with Gasteiger partial charge in [-0.3, -0.25) is 9.69 Å². The number of amides is 1. The molecule has 0 aromatic rings. The van der Waals surface area contributed by atoms with E-state index in [4.69, 9.17) is 10.5 Å². The minimum absolute atomic E-state index is 0.169. The molecule has 5 nitrogen and oxygen atoms in total. The molecule has 1 heterocycles. The maximum Gasteiger partial charge on any atom is 0.234 e. The molecule has 0 bridgehead atoms. The highest BCUT2D eigenvalue weighted by atomic mass is 16.5. The number of hydrogen-bond donors (Lipinski definition) is 2. The zero-order valence-corrected chi connectivity index (χ0v) is 10.5. The monoisotopic (exact) mass is 241 g/mol. The molecule has 0 aromatic heterocycles. The van der Waals surface area contributed by atoms with E-state index in [1.807, 2.05) is 0 Å². The van der Waals surface area contributed by atoms with Crippen molar-refractivity contribution < 1.29 is 9.53 Å². The van der Waals surface area contributed by atoms with Gasteiger partial charge in [0.2, 0.25) is 5.91 Å². The van der Waals surface area contributed by atoms with Gasteiger partial charge in [-0.15, -0.1) is 0 Å². The molecule has 1 saturated heterocycles. The molecule has 2 unspecified atom stereocenters. The molecule has 5 heteroatoms. The fourth-order valence-electron chi connectivity index (χ4n) is 2.23. The van der Waals surface area contributed by atoms with Crippen LogP contribution in [0.1, 0.15) is 26.2 Å². The molecule has 17 heavy (non-hydrogen) atoms. The molecule has 0 aromatic carbocycles. The summed E-state index contributed by atoms with van der Waals surface area (Å²) >= 11 is 0. The molecule has 3 N–H and O–H groups in total. The summed E-state index contributed by atoms with van der Waals surface area (Å²) in [5.41, 5.74) is 5.42. The van der Waals surface area contributed by atoms with E-state index in [2.05, 4.69) is 17.1 Å². The summed E-state index contributed by atoms with van der Waals surface area (Å²) in [5.74, 6) is -0.224. The SMILES string of the molecule is CC1COCCN1CCC(NC1CC1)C(N)=O.